The van der Waals surface area contributed by atoms with Crippen LogP contribution < -0.4 is 5.56 Å². The van der Waals surface area contributed by atoms with Crippen LogP contribution in [0.2, 0.25) is 0 Å². The maximum Gasteiger partial charge on any atom is 0.254 e. The lowest BCUT2D eigenvalue weighted by Crippen LogP contribution is -2.22. The summed E-state index contributed by atoms with van der Waals surface area (Å²) in [6, 6.07) is 0. The van der Waals surface area contributed by atoms with Crippen LogP contribution in [0.15, 0.2) is 17.3 Å². The molecule has 1 N–H and O–H groups in total. The number of nitrogens with zero attached hydrogens (tertiary/aromatic N) is 3. The Morgan fingerprint density at radius 2 is 2.21 bits per heavy atom. The highest BCUT2D eigenvalue weighted by molar-refractivity contribution is 5.49. The molecule has 5 nitrogen and oxygen atoms in total. The van der Waals surface area contributed by atoms with Crippen molar-refractivity contribution < 1.29 is 0 Å². The number of aromatic amines is 1. The molecule has 0 unspecified atom stereocenters. The predicted octanol–water partition coefficient (Wildman–Crippen LogP) is 1.92. The van der Waals surface area contributed by atoms with E-state index in [4.69, 9.17) is 0 Å². The summed E-state index contributed by atoms with van der Waals surface area (Å²) in [5, 5.41) is 0. The first-order valence-electron chi connectivity index (χ1n) is 6.92. The number of aromatic nitrogens is 4. The van der Waals surface area contributed by atoms with Gasteiger partial charge in [0.25, 0.3) is 5.56 Å². The van der Waals surface area contributed by atoms with Crippen LogP contribution in [0.4, 0.5) is 0 Å². The third-order valence-corrected chi connectivity index (χ3v) is 3.61. The molecule has 5 heteroatoms. The minimum absolute atomic E-state index is 0.0175. The van der Waals surface area contributed by atoms with Gasteiger partial charge in [-0.3, -0.25) is 4.79 Å². The highest BCUT2D eigenvalue weighted by atomic mass is 16.1. The second-order valence-electron chi connectivity index (χ2n) is 5.02. The fraction of sp³-hybridized carbons (Fsp3) is 0.500. The third kappa shape index (κ3) is 2.20. The lowest BCUT2D eigenvalue weighted by atomic mass is 9.97. The molecule has 2 heterocycles. The molecule has 0 radical (unpaired) electrons. The molecule has 0 saturated heterocycles. The highest BCUT2D eigenvalue weighted by Crippen LogP contribution is 2.19. The third-order valence-electron chi connectivity index (χ3n) is 3.61. The van der Waals surface area contributed by atoms with Crippen molar-refractivity contribution in [3.8, 4) is 11.5 Å². The standard InChI is InChI=1S/C14H18N4O/c1-2-7-18-9-15-8-12(18)13-16-11-6-4-3-5-10(11)14(19)17-13/h8-9H,2-7H2,1H3,(H,16,17,19). The van der Waals surface area contributed by atoms with Crippen LogP contribution in [0, 0.1) is 0 Å². The van der Waals surface area contributed by atoms with E-state index in [-0.39, 0.29) is 5.56 Å². The molecular formula is C14H18N4O. The van der Waals surface area contributed by atoms with Crippen molar-refractivity contribution in [1.29, 1.82) is 0 Å². The van der Waals surface area contributed by atoms with E-state index in [9.17, 15) is 4.79 Å². The zero-order valence-corrected chi connectivity index (χ0v) is 11.1. The van der Waals surface area contributed by atoms with Crippen LogP contribution in [-0.2, 0) is 19.4 Å². The van der Waals surface area contributed by atoms with Gasteiger partial charge < -0.3 is 9.55 Å². The molecule has 0 aliphatic heterocycles. The highest BCUT2D eigenvalue weighted by Gasteiger charge is 2.17. The maximum atomic E-state index is 12.1. The Labute approximate surface area is 111 Å². The molecule has 2 aromatic heterocycles. The van der Waals surface area contributed by atoms with Gasteiger partial charge in [0.2, 0.25) is 0 Å². The molecule has 0 atom stereocenters. The number of imidazole rings is 1. The van der Waals surface area contributed by atoms with Gasteiger partial charge in [0.05, 0.1) is 18.2 Å². The van der Waals surface area contributed by atoms with Crippen LogP contribution in [0.1, 0.15) is 37.4 Å². The Kier molecular flexibility index (Phi) is 3.19. The lowest BCUT2D eigenvalue weighted by molar-refractivity contribution is 0.652. The second-order valence-corrected chi connectivity index (χ2v) is 5.02. The van der Waals surface area contributed by atoms with Gasteiger partial charge in [-0.25, -0.2) is 9.97 Å². The molecule has 19 heavy (non-hydrogen) atoms. The topological polar surface area (TPSA) is 63.6 Å². The number of aryl methyl sites for hydroxylation is 2. The largest absolute Gasteiger partial charge is 0.328 e. The Morgan fingerprint density at radius 3 is 3.05 bits per heavy atom. The van der Waals surface area contributed by atoms with Gasteiger partial charge in [0.1, 0.15) is 5.69 Å². The van der Waals surface area contributed by atoms with E-state index < -0.39 is 0 Å². The summed E-state index contributed by atoms with van der Waals surface area (Å²) in [6.45, 7) is 3.00. The SMILES string of the molecule is CCCn1cncc1-c1nc2c(c(=O)[nH]1)CCCC2. The van der Waals surface area contributed by atoms with Crippen LogP contribution >= 0.6 is 0 Å². The van der Waals surface area contributed by atoms with E-state index >= 15 is 0 Å². The van der Waals surface area contributed by atoms with Gasteiger partial charge in [-0.05, 0) is 32.1 Å². The molecule has 100 valence electrons. The minimum Gasteiger partial charge on any atom is -0.328 e. The van der Waals surface area contributed by atoms with E-state index in [1.54, 1.807) is 12.5 Å². The van der Waals surface area contributed by atoms with Crippen molar-refractivity contribution in [3.05, 3.63) is 34.1 Å². The molecule has 3 rings (SSSR count). The smallest absolute Gasteiger partial charge is 0.254 e. The molecule has 0 amide bonds. The summed E-state index contributed by atoms with van der Waals surface area (Å²) in [6.07, 6.45) is 8.56. The van der Waals surface area contributed by atoms with Crippen molar-refractivity contribution in [3.63, 3.8) is 0 Å². The number of rotatable bonds is 3. The number of hydrogen-bond acceptors (Lipinski definition) is 3. The zero-order valence-electron chi connectivity index (χ0n) is 11.1. The first-order valence-corrected chi connectivity index (χ1v) is 6.92. The van der Waals surface area contributed by atoms with E-state index in [1.807, 2.05) is 4.57 Å². The Balaban J connectivity index is 2.08. The van der Waals surface area contributed by atoms with Crippen molar-refractivity contribution >= 4 is 0 Å². The van der Waals surface area contributed by atoms with Crippen molar-refractivity contribution in [2.75, 3.05) is 0 Å². The molecule has 0 bridgehead atoms. The fourth-order valence-electron chi connectivity index (χ4n) is 2.66. The maximum absolute atomic E-state index is 12.1. The molecule has 0 spiro atoms. The van der Waals surface area contributed by atoms with Gasteiger partial charge in [-0.15, -0.1) is 0 Å². The second kappa shape index (κ2) is 4.99. The minimum atomic E-state index is 0.0175. The average Bonchev–Trinajstić information content (AvgIpc) is 2.87. The van der Waals surface area contributed by atoms with Crippen LogP contribution in [0.3, 0.4) is 0 Å². The molecule has 1 aliphatic rings. The molecule has 1 aliphatic carbocycles. The number of nitrogens with one attached hydrogen (secondary N) is 1. The molecule has 0 fully saturated rings. The van der Waals surface area contributed by atoms with E-state index in [1.165, 1.54) is 0 Å². The predicted molar refractivity (Wildman–Crippen MR) is 73.0 cm³/mol. The quantitative estimate of drug-likeness (QED) is 0.914. The van der Waals surface area contributed by atoms with E-state index in [0.717, 1.165) is 55.6 Å². The first kappa shape index (κ1) is 12.1. The molecule has 0 saturated carbocycles. The lowest BCUT2D eigenvalue weighted by Gasteiger charge is -2.15. The van der Waals surface area contributed by atoms with Gasteiger partial charge in [0.15, 0.2) is 5.82 Å². The summed E-state index contributed by atoms with van der Waals surface area (Å²) in [4.78, 5) is 23.8. The summed E-state index contributed by atoms with van der Waals surface area (Å²) in [7, 11) is 0. The van der Waals surface area contributed by atoms with Crippen LogP contribution in [0.5, 0.6) is 0 Å². The number of fused-ring (bicyclic) bond motifs is 1. The monoisotopic (exact) mass is 258 g/mol. The fourth-order valence-corrected chi connectivity index (χ4v) is 2.66. The zero-order chi connectivity index (χ0) is 13.2. The summed E-state index contributed by atoms with van der Waals surface area (Å²) in [5.41, 5.74) is 2.75. The molecule has 2 aromatic rings. The first-order chi connectivity index (χ1) is 9.29. The van der Waals surface area contributed by atoms with Gasteiger partial charge >= 0.3 is 0 Å². The van der Waals surface area contributed by atoms with Gasteiger partial charge in [-0.2, -0.15) is 0 Å². The summed E-state index contributed by atoms with van der Waals surface area (Å²) in [5.74, 6) is 0.650. The Hall–Kier alpha value is -1.91. The van der Waals surface area contributed by atoms with Crippen molar-refractivity contribution in [2.24, 2.45) is 0 Å². The number of hydrogen-bond donors (Lipinski definition) is 1. The molecular weight excluding hydrogens is 240 g/mol. The average molecular weight is 258 g/mol. The summed E-state index contributed by atoms with van der Waals surface area (Å²) >= 11 is 0. The van der Waals surface area contributed by atoms with Gasteiger partial charge in [-0.1, -0.05) is 6.92 Å². The summed E-state index contributed by atoms with van der Waals surface area (Å²) < 4.78 is 2.04. The van der Waals surface area contributed by atoms with E-state index in [0.29, 0.717) is 5.82 Å². The van der Waals surface area contributed by atoms with Crippen molar-refractivity contribution in [1.82, 2.24) is 19.5 Å². The Bertz CT molecular complexity index is 641. The van der Waals surface area contributed by atoms with Crippen LogP contribution in [-0.4, -0.2) is 19.5 Å². The van der Waals surface area contributed by atoms with Crippen LogP contribution in [0.25, 0.3) is 11.5 Å². The molecule has 0 aromatic carbocycles. The Morgan fingerprint density at radius 1 is 1.37 bits per heavy atom. The number of H-pyrrole nitrogens is 1. The normalized spacial score (nSPS) is 14.4. The van der Waals surface area contributed by atoms with Gasteiger partial charge in [0, 0.05) is 12.1 Å². The van der Waals surface area contributed by atoms with E-state index in [2.05, 4.69) is 21.9 Å². The van der Waals surface area contributed by atoms with Crippen molar-refractivity contribution in [2.45, 2.75) is 45.6 Å².